The highest BCUT2D eigenvalue weighted by molar-refractivity contribution is 5.80. The molecule has 1 rings (SSSR count). The molecule has 3 nitrogen and oxygen atoms in total. The fourth-order valence-electron chi connectivity index (χ4n) is 2.12. The number of likely N-dealkylation sites (tertiary alicyclic amines) is 1. The van der Waals surface area contributed by atoms with E-state index >= 15 is 0 Å². The van der Waals surface area contributed by atoms with E-state index in [1.54, 1.807) is 0 Å². The van der Waals surface area contributed by atoms with Crippen LogP contribution in [0.2, 0.25) is 0 Å². The monoisotopic (exact) mass is 208 g/mol. The second-order valence-electron chi connectivity index (χ2n) is 4.28. The summed E-state index contributed by atoms with van der Waals surface area (Å²) in [6, 6.07) is 0. The van der Waals surface area contributed by atoms with Crippen molar-refractivity contribution >= 4 is 5.91 Å². The van der Waals surface area contributed by atoms with Gasteiger partial charge in [-0.2, -0.15) is 5.26 Å². The Bertz CT molecular complexity index is 244. The molecule has 1 fully saturated rings. The summed E-state index contributed by atoms with van der Waals surface area (Å²) < 4.78 is 0. The third-order valence-corrected chi connectivity index (χ3v) is 3.08. The van der Waals surface area contributed by atoms with Crippen LogP contribution < -0.4 is 0 Å². The molecule has 0 spiro atoms. The van der Waals surface area contributed by atoms with Crippen molar-refractivity contribution < 1.29 is 4.79 Å². The molecule has 0 bridgehead atoms. The molecule has 0 aromatic heterocycles. The minimum Gasteiger partial charge on any atom is -0.273 e. The summed E-state index contributed by atoms with van der Waals surface area (Å²) in [5.74, 6) is 0.171. The van der Waals surface area contributed by atoms with Gasteiger partial charge in [0, 0.05) is 12.5 Å². The molecule has 0 radical (unpaired) electrons. The minimum atomic E-state index is 0.0612. The van der Waals surface area contributed by atoms with Gasteiger partial charge in [-0.1, -0.05) is 32.6 Å². The van der Waals surface area contributed by atoms with E-state index in [0.717, 1.165) is 32.1 Å². The second-order valence-corrected chi connectivity index (χ2v) is 4.28. The number of hydrogen-bond donors (Lipinski definition) is 0. The molecular weight excluding hydrogens is 188 g/mol. The van der Waals surface area contributed by atoms with Crippen LogP contribution in [0.3, 0.4) is 0 Å². The van der Waals surface area contributed by atoms with Crippen LogP contribution in [0, 0.1) is 17.4 Å². The third kappa shape index (κ3) is 3.54. The lowest BCUT2D eigenvalue weighted by molar-refractivity contribution is -0.132. The van der Waals surface area contributed by atoms with Gasteiger partial charge >= 0.3 is 0 Å². The zero-order valence-corrected chi connectivity index (χ0v) is 9.54. The molecule has 1 aliphatic heterocycles. The lowest BCUT2D eigenvalue weighted by Crippen LogP contribution is -2.30. The van der Waals surface area contributed by atoms with Gasteiger partial charge in [0.2, 0.25) is 5.91 Å². The van der Waals surface area contributed by atoms with Gasteiger partial charge in [0.1, 0.15) is 0 Å². The predicted octanol–water partition coefficient (Wildman–Crippen LogP) is 2.68. The number of unbranched alkanes of at least 4 members (excludes halogenated alkanes) is 2. The average Bonchev–Trinajstić information content (AvgIpc) is 2.42. The molecule has 0 aliphatic carbocycles. The number of rotatable bonds is 4. The summed E-state index contributed by atoms with van der Waals surface area (Å²) in [5, 5.41) is 8.83. The van der Waals surface area contributed by atoms with Crippen LogP contribution in [0.15, 0.2) is 0 Å². The summed E-state index contributed by atoms with van der Waals surface area (Å²) >= 11 is 0. The number of nitriles is 1. The van der Waals surface area contributed by atoms with Crippen molar-refractivity contribution in [2.75, 3.05) is 6.54 Å². The first kappa shape index (κ1) is 12.0. The van der Waals surface area contributed by atoms with Crippen LogP contribution >= 0.6 is 0 Å². The molecule has 1 aliphatic rings. The number of hydrogen-bond acceptors (Lipinski definition) is 2. The Morgan fingerprint density at radius 1 is 1.47 bits per heavy atom. The average molecular weight is 208 g/mol. The fraction of sp³-hybridized carbons (Fsp3) is 0.833. The Morgan fingerprint density at radius 3 is 2.93 bits per heavy atom. The highest BCUT2D eigenvalue weighted by Gasteiger charge is 2.26. The normalized spacial score (nSPS) is 22.3. The maximum absolute atomic E-state index is 11.9. The smallest absolute Gasteiger partial charge is 0.238 e. The lowest BCUT2D eigenvalue weighted by atomic mass is 9.96. The first-order valence-electron chi connectivity index (χ1n) is 6.00. The van der Waals surface area contributed by atoms with Gasteiger partial charge in [-0.15, -0.1) is 0 Å². The first-order valence-corrected chi connectivity index (χ1v) is 6.00. The van der Waals surface area contributed by atoms with Gasteiger partial charge in [0.05, 0.1) is 0 Å². The van der Waals surface area contributed by atoms with Crippen molar-refractivity contribution in [1.82, 2.24) is 4.90 Å². The zero-order chi connectivity index (χ0) is 11.1. The van der Waals surface area contributed by atoms with Gasteiger partial charge in [0.25, 0.3) is 0 Å². The third-order valence-electron chi connectivity index (χ3n) is 3.08. The Balaban J connectivity index is 2.46. The van der Waals surface area contributed by atoms with Crippen molar-refractivity contribution in [1.29, 1.82) is 5.26 Å². The van der Waals surface area contributed by atoms with Crippen molar-refractivity contribution in [3.8, 4) is 6.19 Å². The van der Waals surface area contributed by atoms with E-state index in [0.29, 0.717) is 6.54 Å². The maximum Gasteiger partial charge on any atom is 0.238 e. The Hall–Kier alpha value is -1.04. The lowest BCUT2D eigenvalue weighted by Gasteiger charge is -2.16. The van der Waals surface area contributed by atoms with Crippen LogP contribution in [0.1, 0.15) is 51.9 Å². The molecule has 1 heterocycles. The summed E-state index contributed by atoms with van der Waals surface area (Å²) in [5.41, 5.74) is 0. The summed E-state index contributed by atoms with van der Waals surface area (Å²) in [4.78, 5) is 13.2. The second kappa shape index (κ2) is 6.44. The van der Waals surface area contributed by atoms with Gasteiger partial charge < -0.3 is 0 Å². The topological polar surface area (TPSA) is 44.1 Å². The Kier molecular flexibility index (Phi) is 5.17. The van der Waals surface area contributed by atoms with Gasteiger partial charge in [-0.3, -0.25) is 4.79 Å². The molecule has 0 aromatic carbocycles. The van der Waals surface area contributed by atoms with Gasteiger partial charge in [-0.25, -0.2) is 4.90 Å². The molecule has 1 unspecified atom stereocenters. The van der Waals surface area contributed by atoms with E-state index in [1.165, 1.54) is 17.7 Å². The standard InChI is InChI=1S/C12H20N2O/c1-2-3-4-7-11-8-5-6-9-14(10-13)12(11)15/h11H,2-9H2,1H3. The Labute approximate surface area is 92.1 Å². The van der Waals surface area contributed by atoms with Crippen molar-refractivity contribution in [3.05, 3.63) is 0 Å². The first-order chi connectivity index (χ1) is 7.29. The van der Waals surface area contributed by atoms with Crippen molar-refractivity contribution in [2.45, 2.75) is 51.9 Å². The van der Waals surface area contributed by atoms with Crippen LogP contribution in [0.4, 0.5) is 0 Å². The number of carbonyl (C=O) groups excluding carboxylic acids is 1. The quantitative estimate of drug-likeness (QED) is 0.526. The largest absolute Gasteiger partial charge is 0.273 e. The minimum absolute atomic E-state index is 0.0612. The predicted molar refractivity (Wildman–Crippen MR) is 58.8 cm³/mol. The van der Waals surface area contributed by atoms with Gasteiger partial charge in [0.15, 0.2) is 6.19 Å². The number of nitrogens with zero attached hydrogens (tertiary/aromatic N) is 2. The molecule has 1 amide bonds. The van der Waals surface area contributed by atoms with E-state index in [-0.39, 0.29) is 11.8 Å². The van der Waals surface area contributed by atoms with E-state index in [2.05, 4.69) is 6.92 Å². The van der Waals surface area contributed by atoms with E-state index < -0.39 is 0 Å². The molecule has 0 N–H and O–H groups in total. The van der Waals surface area contributed by atoms with E-state index in [9.17, 15) is 4.79 Å². The number of carbonyl (C=O) groups is 1. The number of amides is 1. The molecule has 15 heavy (non-hydrogen) atoms. The van der Waals surface area contributed by atoms with Gasteiger partial charge in [-0.05, 0) is 19.3 Å². The molecule has 3 heteroatoms. The Morgan fingerprint density at radius 2 is 2.27 bits per heavy atom. The SMILES string of the molecule is CCCCCC1CCCCN(C#N)C1=O. The molecule has 84 valence electrons. The molecule has 1 atom stereocenters. The van der Waals surface area contributed by atoms with Crippen LogP contribution in [-0.4, -0.2) is 17.4 Å². The molecular formula is C12H20N2O. The van der Waals surface area contributed by atoms with Crippen molar-refractivity contribution in [3.63, 3.8) is 0 Å². The fourth-order valence-corrected chi connectivity index (χ4v) is 2.12. The molecule has 0 saturated carbocycles. The summed E-state index contributed by atoms with van der Waals surface area (Å²) in [7, 11) is 0. The zero-order valence-electron chi connectivity index (χ0n) is 9.54. The summed E-state index contributed by atoms with van der Waals surface area (Å²) in [6.45, 7) is 2.79. The van der Waals surface area contributed by atoms with Crippen LogP contribution in [0.25, 0.3) is 0 Å². The molecule has 0 aromatic rings. The van der Waals surface area contributed by atoms with Crippen LogP contribution in [-0.2, 0) is 4.79 Å². The van der Waals surface area contributed by atoms with E-state index in [4.69, 9.17) is 5.26 Å². The highest BCUT2D eigenvalue weighted by atomic mass is 16.2. The van der Waals surface area contributed by atoms with Crippen LogP contribution in [0.5, 0.6) is 0 Å². The summed E-state index contributed by atoms with van der Waals surface area (Å²) in [6.07, 6.45) is 9.49. The van der Waals surface area contributed by atoms with Crippen molar-refractivity contribution in [2.24, 2.45) is 5.92 Å². The molecule has 1 saturated heterocycles. The van der Waals surface area contributed by atoms with E-state index in [1.807, 2.05) is 6.19 Å². The highest BCUT2D eigenvalue weighted by Crippen LogP contribution is 2.22. The maximum atomic E-state index is 11.9.